The number of halogens is 2. The third kappa shape index (κ3) is 6.21. The predicted octanol–water partition coefficient (Wildman–Crippen LogP) is 6.43. The van der Waals surface area contributed by atoms with Gasteiger partial charge in [0.15, 0.2) is 0 Å². The Bertz CT molecular complexity index is 513. The highest BCUT2D eigenvalue weighted by molar-refractivity contribution is 6.30. The molecule has 20 heavy (non-hydrogen) atoms. The van der Waals surface area contributed by atoms with Crippen LogP contribution in [0.4, 0.5) is 4.39 Å². The van der Waals surface area contributed by atoms with E-state index in [1.54, 1.807) is 19.1 Å². The summed E-state index contributed by atoms with van der Waals surface area (Å²) in [6.07, 6.45) is 0. The van der Waals surface area contributed by atoms with Crippen molar-refractivity contribution in [2.75, 3.05) is 0 Å². The van der Waals surface area contributed by atoms with Crippen molar-refractivity contribution in [3.8, 4) is 0 Å². The number of hydrogen-bond donors (Lipinski definition) is 0. The van der Waals surface area contributed by atoms with Gasteiger partial charge in [-0.25, -0.2) is 4.39 Å². The monoisotopic (exact) mass is 294 g/mol. The first kappa shape index (κ1) is 18.7. The molecule has 2 aromatic carbocycles. The summed E-state index contributed by atoms with van der Waals surface area (Å²) in [4.78, 5) is 0. The molecule has 2 rings (SSSR count). The topological polar surface area (TPSA) is 0 Å². The molecule has 0 nitrogen and oxygen atoms in total. The first-order valence-electron chi connectivity index (χ1n) is 6.86. The molecule has 0 saturated carbocycles. The Hall–Kier alpha value is -1.34. The van der Waals surface area contributed by atoms with Crippen molar-refractivity contribution >= 4 is 11.6 Å². The van der Waals surface area contributed by atoms with E-state index >= 15 is 0 Å². The van der Waals surface area contributed by atoms with Gasteiger partial charge in [0, 0.05) is 5.02 Å². The Morgan fingerprint density at radius 1 is 0.800 bits per heavy atom. The van der Waals surface area contributed by atoms with Crippen molar-refractivity contribution < 1.29 is 4.39 Å². The smallest absolute Gasteiger partial charge is 0.127 e. The second-order valence-corrected chi connectivity index (χ2v) is 4.85. The second kappa shape index (κ2) is 9.55. The minimum Gasteiger partial charge on any atom is -0.207 e. The number of benzene rings is 2. The average Bonchev–Trinajstić information content (AvgIpc) is 2.43. The summed E-state index contributed by atoms with van der Waals surface area (Å²) in [5.41, 5.74) is 4.81. The van der Waals surface area contributed by atoms with Crippen molar-refractivity contribution in [1.29, 1.82) is 0 Å². The molecular weight excluding hydrogens is 271 g/mol. The van der Waals surface area contributed by atoms with Crippen LogP contribution in [0.15, 0.2) is 36.4 Å². The molecule has 0 atom stereocenters. The van der Waals surface area contributed by atoms with E-state index in [1.165, 1.54) is 22.8 Å². The normalized spacial score (nSPS) is 9.00. The van der Waals surface area contributed by atoms with Gasteiger partial charge in [0.1, 0.15) is 5.82 Å². The summed E-state index contributed by atoms with van der Waals surface area (Å²) in [5, 5.41) is 0.443. The van der Waals surface area contributed by atoms with Gasteiger partial charge in [-0.2, -0.15) is 0 Å². The summed E-state index contributed by atoms with van der Waals surface area (Å²) in [6.45, 7) is 12.1. The van der Waals surface area contributed by atoms with Crippen LogP contribution in [-0.4, -0.2) is 0 Å². The first-order chi connectivity index (χ1) is 9.41. The Balaban J connectivity index is 0.000000321. The maximum atomic E-state index is 12.5. The third-order valence-electron chi connectivity index (χ3n) is 3.01. The van der Waals surface area contributed by atoms with Crippen molar-refractivity contribution in [2.45, 2.75) is 41.5 Å². The van der Waals surface area contributed by atoms with Gasteiger partial charge in [-0.1, -0.05) is 49.7 Å². The van der Waals surface area contributed by atoms with Gasteiger partial charge in [-0.3, -0.25) is 0 Å². The van der Waals surface area contributed by atoms with E-state index in [1.807, 2.05) is 13.8 Å². The highest BCUT2D eigenvalue weighted by Gasteiger charge is 1.94. The van der Waals surface area contributed by atoms with Crippen molar-refractivity contribution in [2.24, 2.45) is 0 Å². The Morgan fingerprint density at radius 2 is 1.30 bits per heavy atom. The van der Waals surface area contributed by atoms with E-state index in [-0.39, 0.29) is 5.82 Å². The van der Waals surface area contributed by atoms with E-state index in [0.717, 1.165) is 0 Å². The molecule has 2 heteroatoms. The van der Waals surface area contributed by atoms with E-state index in [2.05, 4.69) is 39.0 Å². The molecule has 0 aliphatic rings. The van der Waals surface area contributed by atoms with Gasteiger partial charge in [0.2, 0.25) is 0 Å². The molecule has 0 aromatic heterocycles. The molecule has 0 N–H and O–H groups in total. The fourth-order valence-electron chi connectivity index (χ4n) is 1.47. The van der Waals surface area contributed by atoms with Gasteiger partial charge in [-0.05, 0) is 62.1 Å². The van der Waals surface area contributed by atoms with Gasteiger partial charge in [0.05, 0.1) is 0 Å². The second-order valence-electron chi connectivity index (χ2n) is 4.41. The Kier molecular flexibility index (Phi) is 8.91. The van der Waals surface area contributed by atoms with E-state index in [0.29, 0.717) is 10.6 Å². The minimum absolute atomic E-state index is 0.248. The summed E-state index contributed by atoms with van der Waals surface area (Å²) < 4.78 is 12.5. The van der Waals surface area contributed by atoms with Crippen LogP contribution in [0.2, 0.25) is 5.02 Å². The molecule has 0 amide bonds. The maximum absolute atomic E-state index is 12.5. The lowest BCUT2D eigenvalue weighted by Crippen LogP contribution is -1.82. The van der Waals surface area contributed by atoms with Crippen molar-refractivity contribution in [1.82, 2.24) is 0 Å². The molecule has 0 aliphatic heterocycles. The van der Waals surface area contributed by atoms with E-state index in [4.69, 9.17) is 11.6 Å². The van der Waals surface area contributed by atoms with Crippen molar-refractivity contribution in [3.05, 3.63) is 69.5 Å². The standard InChI is InChI=1S/C9H12.C7H6ClF.C2H6/c1-7-5-4-6-8(2)9(7)3;1-5-2-3-6(8)4-7(5)9;1-2/h4-6H,1-3H3;2-4H,1H3;1-2H3. The number of aryl methyl sites for hydroxylation is 3. The van der Waals surface area contributed by atoms with Crippen LogP contribution >= 0.6 is 11.6 Å². The molecule has 2 aromatic rings. The van der Waals surface area contributed by atoms with E-state index < -0.39 is 0 Å². The Labute approximate surface area is 127 Å². The average molecular weight is 295 g/mol. The lowest BCUT2D eigenvalue weighted by Gasteiger charge is -2.00. The van der Waals surface area contributed by atoms with Crippen LogP contribution in [0.1, 0.15) is 36.1 Å². The fourth-order valence-corrected chi connectivity index (χ4v) is 1.62. The lowest BCUT2D eigenvalue weighted by molar-refractivity contribution is 0.618. The van der Waals surface area contributed by atoms with Crippen LogP contribution in [0.3, 0.4) is 0 Å². The molecule has 0 bridgehead atoms. The summed E-state index contributed by atoms with van der Waals surface area (Å²) >= 11 is 5.48. The zero-order chi connectivity index (χ0) is 15.7. The Morgan fingerprint density at radius 3 is 1.65 bits per heavy atom. The van der Waals surface area contributed by atoms with Gasteiger partial charge >= 0.3 is 0 Å². The van der Waals surface area contributed by atoms with E-state index in [9.17, 15) is 4.39 Å². The SMILES string of the molecule is CC.Cc1ccc(Cl)cc1F.Cc1cccc(C)c1C. The van der Waals surface area contributed by atoms with Crippen LogP contribution in [0.25, 0.3) is 0 Å². The van der Waals surface area contributed by atoms with Crippen LogP contribution in [0.5, 0.6) is 0 Å². The maximum Gasteiger partial charge on any atom is 0.127 e. The summed E-state index contributed by atoms with van der Waals surface area (Å²) in [6, 6.07) is 11.0. The van der Waals surface area contributed by atoms with Crippen LogP contribution in [0, 0.1) is 33.5 Å². The van der Waals surface area contributed by atoms with Crippen molar-refractivity contribution in [3.63, 3.8) is 0 Å². The summed E-state index contributed by atoms with van der Waals surface area (Å²) in [7, 11) is 0. The zero-order valence-electron chi connectivity index (χ0n) is 13.2. The predicted molar refractivity (Wildman–Crippen MR) is 88.1 cm³/mol. The quantitative estimate of drug-likeness (QED) is 0.525. The molecule has 0 spiro atoms. The fraction of sp³-hybridized carbons (Fsp3) is 0.333. The van der Waals surface area contributed by atoms with Crippen LogP contribution < -0.4 is 0 Å². The molecule has 0 unspecified atom stereocenters. The van der Waals surface area contributed by atoms with Crippen LogP contribution in [-0.2, 0) is 0 Å². The van der Waals surface area contributed by atoms with Gasteiger partial charge in [-0.15, -0.1) is 0 Å². The molecule has 0 aliphatic carbocycles. The molecule has 0 saturated heterocycles. The number of hydrogen-bond acceptors (Lipinski definition) is 0. The number of rotatable bonds is 0. The molecule has 0 fully saturated rings. The highest BCUT2D eigenvalue weighted by atomic mass is 35.5. The molecule has 0 radical (unpaired) electrons. The van der Waals surface area contributed by atoms with Gasteiger partial charge in [0.25, 0.3) is 0 Å². The third-order valence-corrected chi connectivity index (χ3v) is 3.24. The molecule has 110 valence electrons. The highest BCUT2D eigenvalue weighted by Crippen LogP contribution is 2.12. The zero-order valence-corrected chi connectivity index (χ0v) is 14.0. The lowest BCUT2D eigenvalue weighted by atomic mass is 10.1. The molecule has 0 heterocycles. The largest absolute Gasteiger partial charge is 0.207 e. The molecular formula is C18H24ClF. The summed E-state index contributed by atoms with van der Waals surface area (Å²) in [5.74, 6) is -0.248. The van der Waals surface area contributed by atoms with Gasteiger partial charge < -0.3 is 0 Å². The minimum atomic E-state index is -0.248. The first-order valence-corrected chi connectivity index (χ1v) is 7.24.